The minimum absolute atomic E-state index is 0.122. The fraction of sp³-hybridized carbons (Fsp3) is 0.231. The number of carbonyl (C=O) groups excluding carboxylic acids is 1. The normalized spacial score (nSPS) is 14.4. The van der Waals surface area contributed by atoms with Crippen LogP contribution in [0.4, 0.5) is 29.6 Å². The first-order valence-electron chi connectivity index (χ1n) is 11.4. The second-order valence-electron chi connectivity index (χ2n) is 8.46. The molecule has 0 radical (unpaired) electrons. The van der Waals surface area contributed by atoms with E-state index in [0.29, 0.717) is 32.7 Å². The van der Waals surface area contributed by atoms with E-state index in [1.807, 2.05) is 42.5 Å². The molecule has 0 unspecified atom stereocenters. The number of hydrogen-bond donors (Lipinski definition) is 1. The van der Waals surface area contributed by atoms with Gasteiger partial charge < -0.3 is 19.7 Å². The number of hydrogen-bond acceptors (Lipinski definition) is 3. The second kappa shape index (κ2) is 9.32. The lowest BCUT2D eigenvalue weighted by molar-refractivity contribution is -0.137. The zero-order valence-electron chi connectivity index (χ0n) is 18.9. The number of rotatable bonds is 4. The van der Waals surface area contributed by atoms with Crippen LogP contribution in [0.25, 0.3) is 11.0 Å². The number of amides is 2. The lowest BCUT2D eigenvalue weighted by Gasteiger charge is -2.35. The van der Waals surface area contributed by atoms with E-state index >= 15 is 0 Å². The van der Waals surface area contributed by atoms with Crippen LogP contribution < -0.4 is 10.2 Å². The molecule has 0 bridgehead atoms. The summed E-state index contributed by atoms with van der Waals surface area (Å²) in [6.45, 7) is 2.66. The number of halogens is 3. The predicted molar refractivity (Wildman–Crippen MR) is 130 cm³/mol. The summed E-state index contributed by atoms with van der Waals surface area (Å²) in [6.07, 6.45) is -4.46. The molecule has 2 amide bonds. The van der Waals surface area contributed by atoms with Gasteiger partial charge in [0.15, 0.2) is 0 Å². The molecule has 9 heteroatoms. The molecule has 1 saturated heterocycles. The van der Waals surface area contributed by atoms with E-state index in [4.69, 9.17) is 4.98 Å². The van der Waals surface area contributed by atoms with E-state index in [0.717, 1.165) is 34.7 Å². The maximum atomic E-state index is 13.0. The molecule has 1 aromatic heterocycles. The smallest absolute Gasteiger partial charge is 0.339 e. The van der Waals surface area contributed by atoms with E-state index < -0.39 is 17.8 Å². The summed E-state index contributed by atoms with van der Waals surface area (Å²) in [7, 11) is 0. The van der Waals surface area contributed by atoms with Crippen molar-refractivity contribution in [2.24, 2.45) is 0 Å². The van der Waals surface area contributed by atoms with E-state index in [2.05, 4.69) is 26.9 Å². The van der Waals surface area contributed by atoms with Gasteiger partial charge in [0.25, 0.3) is 0 Å². The number of anilines is 2. The Balaban J connectivity index is 1.30. The number of benzene rings is 3. The first-order valence-corrected chi connectivity index (χ1v) is 11.4. The van der Waals surface area contributed by atoms with E-state index in [9.17, 15) is 18.0 Å². The van der Waals surface area contributed by atoms with Crippen molar-refractivity contribution in [3.8, 4) is 0 Å². The summed E-state index contributed by atoms with van der Waals surface area (Å²) in [6, 6.07) is 22.4. The monoisotopic (exact) mass is 479 g/mol. The van der Waals surface area contributed by atoms with Gasteiger partial charge in [0.2, 0.25) is 5.95 Å². The Bertz CT molecular complexity index is 1330. The molecule has 3 aromatic carbocycles. The summed E-state index contributed by atoms with van der Waals surface area (Å²) in [4.78, 5) is 21.3. The third-order valence-corrected chi connectivity index (χ3v) is 6.11. The summed E-state index contributed by atoms with van der Waals surface area (Å²) in [5.41, 5.74) is 2.43. The molecular weight excluding hydrogens is 455 g/mol. The van der Waals surface area contributed by atoms with Crippen molar-refractivity contribution in [1.29, 1.82) is 0 Å². The molecule has 1 aliphatic rings. The first kappa shape index (κ1) is 22.8. The Hall–Kier alpha value is -4.01. The second-order valence-corrected chi connectivity index (χ2v) is 8.46. The maximum absolute atomic E-state index is 13.0. The number of fused-ring (bicyclic) bond motifs is 1. The number of imidazole rings is 1. The molecular formula is C26H24F3N5O. The van der Waals surface area contributed by atoms with Crippen LogP contribution in [0.15, 0.2) is 78.9 Å². The van der Waals surface area contributed by atoms with Gasteiger partial charge in [-0.2, -0.15) is 13.2 Å². The number of carbonyl (C=O) groups is 1. The minimum Gasteiger partial charge on any atom is -0.339 e. The van der Waals surface area contributed by atoms with Crippen molar-refractivity contribution in [2.75, 3.05) is 36.4 Å². The van der Waals surface area contributed by atoms with E-state index in [-0.39, 0.29) is 5.69 Å². The third kappa shape index (κ3) is 4.94. The van der Waals surface area contributed by atoms with Crippen molar-refractivity contribution in [3.63, 3.8) is 0 Å². The predicted octanol–water partition coefficient (Wildman–Crippen LogP) is 5.46. The molecule has 0 spiro atoms. The van der Waals surface area contributed by atoms with Crippen LogP contribution in [0.1, 0.15) is 11.1 Å². The third-order valence-electron chi connectivity index (χ3n) is 6.11. The molecule has 4 aromatic rings. The number of nitrogens with one attached hydrogen (secondary N) is 1. The average molecular weight is 480 g/mol. The fourth-order valence-electron chi connectivity index (χ4n) is 4.31. The molecule has 2 heterocycles. The Morgan fingerprint density at radius 1 is 0.886 bits per heavy atom. The Labute approximate surface area is 200 Å². The van der Waals surface area contributed by atoms with Crippen LogP contribution in [0.2, 0.25) is 0 Å². The Morgan fingerprint density at radius 2 is 1.60 bits per heavy atom. The van der Waals surface area contributed by atoms with Gasteiger partial charge in [-0.15, -0.1) is 0 Å². The van der Waals surface area contributed by atoms with Crippen molar-refractivity contribution >= 4 is 28.7 Å². The van der Waals surface area contributed by atoms with E-state index in [1.54, 1.807) is 4.90 Å². The van der Waals surface area contributed by atoms with Gasteiger partial charge >= 0.3 is 12.2 Å². The van der Waals surface area contributed by atoms with Crippen LogP contribution in [0, 0.1) is 0 Å². The summed E-state index contributed by atoms with van der Waals surface area (Å²) in [5, 5.41) is 2.59. The fourth-order valence-corrected chi connectivity index (χ4v) is 4.31. The highest BCUT2D eigenvalue weighted by Gasteiger charge is 2.31. The van der Waals surface area contributed by atoms with Crippen LogP contribution >= 0.6 is 0 Å². The zero-order valence-corrected chi connectivity index (χ0v) is 18.9. The van der Waals surface area contributed by atoms with Gasteiger partial charge in [0.05, 0.1) is 23.1 Å². The first-order chi connectivity index (χ1) is 16.9. The lowest BCUT2D eigenvalue weighted by atomic mass is 10.2. The Kier molecular flexibility index (Phi) is 6.07. The lowest BCUT2D eigenvalue weighted by Crippen LogP contribution is -2.50. The van der Waals surface area contributed by atoms with E-state index in [1.165, 1.54) is 12.1 Å². The zero-order chi connectivity index (χ0) is 24.4. The molecule has 180 valence electrons. The molecule has 0 saturated carbocycles. The van der Waals surface area contributed by atoms with Crippen molar-refractivity contribution < 1.29 is 18.0 Å². The standard InChI is InChI=1S/C26H24F3N5O/c27-26(28,29)20-9-6-10-21(17-20)30-25(35)33-15-13-32(14-16-33)24-31-22-11-4-5-12-23(22)34(24)18-19-7-2-1-3-8-19/h1-12,17H,13-16,18H2,(H,30,35). The highest BCUT2D eigenvalue weighted by molar-refractivity contribution is 5.89. The van der Waals surface area contributed by atoms with Crippen LogP contribution in [0.5, 0.6) is 0 Å². The summed E-state index contributed by atoms with van der Waals surface area (Å²) >= 11 is 0. The van der Waals surface area contributed by atoms with Gasteiger partial charge in [-0.3, -0.25) is 0 Å². The van der Waals surface area contributed by atoms with Crippen molar-refractivity contribution in [1.82, 2.24) is 14.5 Å². The number of urea groups is 1. The SMILES string of the molecule is O=C(Nc1cccc(C(F)(F)F)c1)N1CCN(c2nc3ccccc3n2Cc2ccccc2)CC1. The van der Waals surface area contributed by atoms with Gasteiger partial charge in [0.1, 0.15) is 0 Å². The Morgan fingerprint density at radius 3 is 2.34 bits per heavy atom. The van der Waals surface area contributed by atoms with Gasteiger partial charge in [0, 0.05) is 31.9 Å². The highest BCUT2D eigenvalue weighted by Crippen LogP contribution is 2.31. The largest absolute Gasteiger partial charge is 0.416 e. The quantitative estimate of drug-likeness (QED) is 0.423. The summed E-state index contributed by atoms with van der Waals surface area (Å²) in [5.74, 6) is 0.841. The molecule has 1 N–H and O–H groups in total. The molecule has 1 fully saturated rings. The van der Waals surface area contributed by atoms with Crippen molar-refractivity contribution in [2.45, 2.75) is 12.7 Å². The molecule has 1 aliphatic heterocycles. The molecule has 0 aliphatic carbocycles. The number of piperazine rings is 1. The summed E-state index contributed by atoms with van der Waals surface area (Å²) < 4.78 is 41.1. The number of para-hydroxylation sites is 2. The molecule has 0 atom stereocenters. The topological polar surface area (TPSA) is 53.4 Å². The maximum Gasteiger partial charge on any atom is 0.416 e. The van der Waals surface area contributed by atoms with Crippen LogP contribution in [-0.2, 0) is 12.7 Å². The van der Waals surface area contributed by atoms with Gasteiger partial charge in [-0.05, 0) is 35.9 Å². The van der Waals surface area contributed by atoms with Crippen LogP contribution in [0.3, 0.4) is 0 Å². The minimum atomic E-state index is -4.46. The van der Waals surface area contributed by atoms with Crippen molar-refractivity contribution in [3.05, 3.63) is 90.0 Å². The van der Waals surface area contributed by atoms with Crippen LogP contribution in [-0.4, -0.2) is 46.7 Å². The van der Waals surface area contributed by atoms with Gasteiger partial charge in [-0.1, -0.05) is 48.5 Å². The molecule has 5 rings (SSSR count). The highest BCUT2D eigenvalue weighted by atomic mass is 19.4. The number of aromatic nitrogens is 2. The van der Waals surface area contributed by atoms with Gasteiger partial charge in [-0.25, -0.2) is 9.78 Å². The average Bonchev–Trinajstić information content (AvgIpc) is 3.23. The molecule has 6 nitrogen and oxygen atoms in total. The number of alkyl halides is 3. The number of nitrogens with zero attached hydrogens (tertiary/aromatic N) is 4. The molecule has 35 heavy (non-hydrogen) atoms.